The van der Waals surface area contributed by atoms with E-state index in [-0.39, 0.29) is 18.5 Å². The van der Waals surface area contributed by atoms with E-state index < -0.39 is 0 Å². The van der Waals surface area contributed by atoms with Gasteiger partial charge in [-0.15, -0.1) is 0 Å². The van der Waals surface area contributed by atoms with Crippen molar-refractivity contribution < 1.29 is 4.79 Å². The van der Waals surface area contributed by atoms with E-state index in [0.717, 1.165) is 0 Å². The molecule has 1 saturated heterocycles. The van der Waals surface area contributed by atoms with Crippen molar-refractivity contribution in [3.05, 3.63) is 23.1 Å². The summed E-state index contributed by atoms with van der Waals surface area (Å²) in [5.41, 5.74) is 8.17. The van der Waals surface area contributed by atoms with E-state index in [0.29, 0.717) is 13.1 Å². The van der Waals surface area contributed by atoms with Gasteiger partial charge in [0.1, 0.15) is 19.2 Å². The third-order valence-corrected chi connectivity index (χ3v) is 2.19. The second kappa shape index (κ2) is 3.97. The molecular formula is C7H9N7O. The number of likely N-dealkylation sites (tertiary alicyclic amines) is 1. The lowest BCUT2D eigenvalue weighted by atomic mass is 10.1. The lowest BCUT2D eigenvalue weighted by Gasteiger charge is -2.36. The van der Waals surface area contributed by atoms with E-state index in [2.05, 4.69) is 20.1 Å². The first kappa shape index (κ1) is 9.47. The fraction of sp³-hybridized carbons (Fsp3) is 0.571. The van der Waals surface area contributed by atoms with Crippen molar-refractivity contribution in [3.63, 3.8) is 0 Å². The molecule has 2 rings (SSSR count). The number of azide groups is 1. The van der Waals surface area contributed by atoms with E-state index in [1.165, 1.54) is 17.3 Å². The molecule has 0 atom stereocenters. The molecule has 1 fully saturated rings. The van der Waals surface area contributed by atoms with E-state index in [1.54, 1.807) is 4.90 Å². The molecule has 0 saturated carbocycles. The van der Waals surface area contributed by atoms with Crippen LogP contribution in [0.5, 0.6) is 0 Å². The molecule has 1 aromatic rings. The minimum Gasteiger partial charge on any atom is -0.340 e. The summed E-state index contributed by atoms with van der Waals surface area (Å²) in [5.74, 6) is -0.0371. The van der Waals surface area contributed by atoms with Crippen LogP contribution < -0.4 is 0 Å². The van der Waals surface area contributed by atoms with E-state index >= 15 is 0 Å². The van der Waals surface area contributed by atoms with Crippen LogP contribution in [0.3, 0.4) is 0 Å². The van der Waals surface area contributed by atoms with Crippen molar-refractivity contribution in [1.82, 2.24) is 19.7 Å². The van der Waals surface area contributed by atoms with E-state index in [1.807, 2.05) is 0 Å². The molecule has 78 valence electrons. The third kappa shape index (κ3) is 2.05. The highest BCUT2D eigenvalue weighted by atomic mass is 16.2. The van der Waals surface area contributed by atoms with Gasteiger partial charge in [-0.05, 0) is 5.53 Å². The Balaban J connectivity index is 1.82. The zero-order valence-corrected chi connectivity index (χ0v) is 7.89. The van der Waals surface area contributed by atoms with Crippen LogP contribution in [0.15, 0.2) is 17.8 Å². The molecule has 15 heavy (non-hydrogen) atoms. The molecule has 1 amide bonds. The number of carbonyl (C=O) groups is 1. The molecule has 0 aromatic carbocycles. The largest absolute Gasteiger partial charge is 0.340 e. The Hall–Kier alpha value is -2.08. The van der Waals surface area contributed by atoms with Crippen LogP contribution in [-0.2, 0) is 11.3 Å². The van der Waals surface area contributed by atoms with Crippen molar-refractivity contribution in [2.45, 2.75) is 12.6 Å². The normalized spacial score (nSPS) is 15.6. The van der Waals surface area contributed by atoms with Gasteiger partial charge in [0, 0.05) is 18.0 Å². The average Bonchev–Trinajstić information content (AvgIpc) is 2.62. The Bertz CT molecular complexity index is 387. The van der Waals surface area contributed by atoms with Crippen LogP contribution in [0.4, 0.5) is 0 Å². The van der Waals surface area contributed by atoms with Crippen molar-refractivity contribution >= 4 is 5.91 Å². The topological polar surface area (TPSA) is 99.8 Å². The summed E-state index contributed by atoms with van der Waals surface area (Å²) in [4.78, 5) is 19.6. The number of hydrogen-bond donors (Lipinski definition) is 0. The molecule has 0 radical (unpaired) electrons. The van der Waals surface area contributed by atoms with Crippen molar-refractivity contribution in [2.75, 3.05) is 13.1 Å². The molecular weight excluding hydrogens is 198 g/mol. The molecule has 8 heteroatoms. The van der Waals surface area contributed by atoms with Crippen molar-refractivity contribution in [1.29, 1.82) is 0 Å². The predicted octanol–water partition coefficient (Wildman–Crippen LogP) is -0.201. The van der Waals surface area contributed by atoms with Crippen molar-refractivity contribution in [2.24, 2.45) is 5.11 Å². The number of rotatable bonds is 3. The maximum absolute atomic E-state index is 11.5. The molecule has 0 bridgehead atoms. The highest BCUT2D eigenvalue weighted by Gasteiger charge is 2.29. The van der Waals surface area contributed by atoms with E-state index in [4.69, 9.17) is 5.53 Å². The van der Waals surface area contributed by atoms with Gasteiger partial charge >= 0.3 is 0 Å². The van der Waals surface area contributed by atoms with Gasteiger partial charge in [0.2, 0.25) is 5.91 Å². The van der Waals surface area contributed by atoms with Gasteiger partial charge in [-0.2, -0.15) is 5.10 Å². The Kier molecular flexibility index (Phi) is 2.51. The summed E-state index contributed by atoms with van der Waals surface area (Å²) < 4.78 is 1.46. The number of aromatic nitrogens is 3. The second-order valence-corrected chi connectivity index (χ2v) is 3.25. The van der Waals surface area contributed by atoms with Crippen LogP contribution in [0.2, 0.25) is 0 Å². The maximum Gasteiger partial charge on any atom is 0.244 e. The van der Waals surface area contributed by atoms with Crippen LogP contribution in [-0.4, -0.2) is 44.7 Å². The molecule has 8 nitrogen and oxygen atoms in total. The minimum atomic E-state index is -0.0744. The third-order valence-electron chi connectivity index (χ3n) is 2.19. The van der Waals surface area contributed by atoms with Gasteiger partial charge in [-0.3, -0.25) is 4.79 Å². The zero-order chi connectivity index (χ0) is 10.7. The lowest BCUT2D eigenvalue weighted by molar-refractivity contribution is -0.136. The lowest BCUT2D eigenvalue weighted by Crippen LogP contribution is -2.53. The summed E-state index contributed by atoms with van der Waals surface area (Å²) in [5, 5.41) is 7.34. The Labute approximate surface area is 85.1 Å². The monoisotopic (exact) mass is 207 g/mol. The molecule has 0 spiro atoms. The SMILES string of the molecule is [N-]=[N+]=NC1CN(C(=O)Cn2cncn2)C1. The van der Waals surface area contributed by atoms with Crippen molar-refractivity contribution in [3.8, 4) is 0 Å². The number of amides is 1. The van der Waals surface area contributed by atoms with Crippen LogP contribution >= 0.6 is 0 Å². The number of hydrogen-bond acceptors (Lipinski definition) is 4. The molecule has 0 aliphatic carbocycles. The number of nitrogens with zero attached hydrogens (tertiary/aromatic N) is 7. The summed E-state index contributed by atoms with van der Waals surface area (Å²) in [6.45, 7) is 1.18. The molecule has 1 aliphatic heterocycles. The first-order valence-electron chi connectivity index (χ1n) is 4.44. The maximum atomic E-state index is 11.5. The Morgan fingerprint density at radius 2 is 2.47 bits per heavy atom. The quantitative estimate of drug-likeness (QED) is 0.389. The van der Waals surface area contributed by atoms with Gasteiger partial charge in [0.05, 0.1) is 6.04 Å². The van der Waals surface area contributed by atoms with Crippen LogP contribution in [0.1, 0.15) is 0 Å². The smallest absolute Gasteiger partial charge is 0.244 e. The van der Waals surface area contributed by atoms with Gasteiger partial charge in [0.15, 0.2) is 0 Å². The first-order chi connectivity index (χ1) is 7.29. The van der Waals surface area contributed by atoms with Gasteiger partial charge in [-0.1, -0.05) is 5.11 Å². The van der Waals surface area contributed by atoms with E-state index in [9.17, 15) is 4.79 Å². The van der Waals surface area contributed by atoms with Gasteiger partial charge in [-0.25, -0.2) is 9.67 Å². The average molecular weight is 207 g/mol. The zero-order valence-electron chi connectivity index (χ0n) is 7.89. The predicted molar refractivity (Wildman–Crippen MR) is 49.5 cm³/mol. The molecule has 0 unspecified atom stereocenters. The van der Waals surface area contributed by atoms with Crippen LogP contribution in [0.25, 0.3) is 10.4 Å². The summed E-state index contributed by atoms with van der Waals surface area (Å²) >= 11 is 0. The minimum absolute atomic E-state index is 0.0371. The fourth-order valence-corrected chi connectivity index (χ4v) is 1.36. The summed E-state index contributed by atoms with van der Waals surface area (Å²) in [7, 11) is 0. The molecule has 0 N–H and O–H groups in total. The second-order valence-electron chi connectivity index (χ2n) is 3.25. The molecule has 1 aliphatic rings. The standard InChI is InChI=1S/C7H9N7O/c8-12-11-6-1-13(2-6)7(15)3-14-5-9-4-10-14/h4-6H,1-3H2. The highest BCUT2D eigenvalue weighted by molar-refractivity contribution is 5.76. The summed E-state index contributed by atoms with van der Waals surface area (Å²) in [6.07, 6.45) is 2.87. The van der Waals surface area contributed by atoms with Gasteiger partial charge in [0.25, 0.3) is 0 Å². The fourth-order valence-electron chi connectivity index (χ4n) is 1.36. The van der Waals surface area contributed by atoms with Gasteiger partial charge < -0.3 is 4.90 Å². The summed E-state index contributed by atoms with van der Waals surface area (Å²) in [6, 6.07) is -0.0744. The number of carbonyl (C=O) groups excluding carboxylic acids is 1. The molecule has 2 heterocycles. The first-order valence-corrected chi connectivity index (χ1v) is 4.44. The highest BCUT2D eigenvalue weighted by Crippen LogP contribution is 2.12. The Morgan fingerprint density at radius 1 is 1.67 bits per heavy atom. The molecule has 1 aromatic heterocycles. The Morgan fingerprint density at radius 3 is 3.07 bits per heavy atom. The van der Waals surface area contributed by atoms with Crippen LogP contribution in [0, 0.1) is 0 Å².